The average Bonchev–Trinajstić information content (AvgIpc) is 2.73. The van der Waals surface area contributed by atoms with Crippen LogP contribution in [-0.2, 0) is 0 Å². The molecule has 0 aromatic heterocycles. The Morgan fingerprint density at radius 3 is 1.77 bits per heavy atom. The van der Waals surface area contributed by atoms with E-state index >= 15 is 0 Å². The van der Waals surface area contributed by atoms with E-state index in [9.17, 15) is 0 Å². The summed E-state index contributed by atoms with van der Waals surface area (Å²) in [5, 5.41) is 0. The van der Waals surface area contributed by atoms with Crippen LogP contribution in [0.5, 0.6) is 0 Å². The predicted molar refractivity (Wildman–Crippen MR) is 136 cm³/mol. The molecule has 4 aromatic carbocycles. The summed E-state index contributed by atoms with van der Waals surface area (Å²) >= 11 is 3.64. The van der Waals surface area contributed by atoms with E-state index in [1.54, 1.807) is 0 Å². The largest absolute Gasteiger partial charge is 0.242 e. The second-order valence-electron chi connectivity index (χ2n) is 8.13. The first-order valence-corrected chi connectivity index (χ1v) is 11.2. The van der Waals surface area contributed by atoms with Gasteiger partial charge in [0.05, 0.1) is 0 Å². The van der Waals surface area contributed by atoms with E-state index in [0.717, 1.165) is 4.47 Å². The normalized spacial score (nSPS) is 10.8. The molecule has 2 heteroatoms. The zero-order valence-electron chi connectivity index (χ0n) is 18.0. The van der Waals surface area contributed by atoms with Crippen molar-refractivity contribution in [3.63, 3.8) is 0 Å². The lowest BCUT2D eigenvalue weighted by molar-refractivity contribution is 1.41. The highest BCUT2D eigenvalue weighted by atomic mass is 79.9. The van der Waals surface area contributed by atoms with Crippen LogP contribution in [0.3, 0.4) is 0 Å². The van der Waals surface area contributed by atoms with Crippen molar-refractivity contribution in [2.75, 3.05) is 0 Å². The molecule has 0 saturated carbocycles. The van der Waals surface area contributed by atoms with Gasteiger partial charge in [0.25, 0.3) is 0 Å². The van der Waals surface area contributed by atoms with Crippen molar-refractivity contribution in [3.8, 4) is 11.1 Å². The van der Waals surface area contributed by atoms with Gasteiger partial charge in [-0.05, 0) is 56.5 Å². The Bertz CT molecular complexity index is 1160. The fraction of sp³-hybridized carbons (Fsp3) is 0.143. The Kier molecular flexibility index (Phi) is 5.97. The van der Waals surface area contributed by atoms with Gasteiger partial charge in [-0.25, -0.2) is 0 Å². The highest BCUT2D eigenvalue weighted by Gasteiger charge is 2.28. The van der Waals surface area contributed by atoms with Crippen LogP contribution in [0.15, 0.2) is 89.4 Å². The maximum absolute atomic E-state index is 3.64. The zero-order chi connectivity index (χ0) is 21.3. The van der Waals surface area contributed by atoms with E-state index in [0.29, 0.717) is 0 Å². The number of rotatable bonds is 4. The van der Waals surface area contributed by atoms with Crippen LogP contribution >= 0.6 is 15.9 Å². The topological polar surface area (TPSA) is 0 Å². The Morgan fingerprint density at radius 1 is 0.600 bits per heavy atom. The quantitative estimate of drug-likeness (QED) is 0.340. The molecule has 4 aromatic rings. The Labute approximate surface area is 189 Å². The summed E-state index contributed by atoms with van der Waals surface area (Å²) in [6, 6.07) is 30.8. The molecule has 0 atom stereocenters. The molecule has 148 valence electrons. The molecular formula is C28H26BBr. The van der Waals surface area contributed by atoms with E-state index in [1.807, 2.05) is 0 Å². The summed E-state index contributed by atoms with van der Waals surface area (Å²) in [6.45, 7) is 9.19. The van der Waals surface area contributed by atoms with Gasteiger partial charge in [-0.15, -0.1) is 0 Å². The number of hydrogen-bond acceptors (Lipinski definition) is 0. The van der Waals surface area contributed by atoms with Gasteiger partial charge in [-0.2, -0.15) is 0 Å². The average molecular weight is 453 g/mol. The highest BCUT2D eigenvalue weighted by Crippen LogP contribution is 2.26. The van der Waals surface area contributed by atoms with Gasteiger partial charge in [0, 0.05) is 4.47 Å². The van der Waals surface area contributed by atoms with Crippen molar-refractivity contribution < 1.29 is 0 Å². The van der Waals surface area contributed by atoms with E-state index in [2.05, 4.69) is 129 Å². The highest BCUT2D eigenvalue weighted by molar-refractivity contribution is 9.10. The molecule has 0 aliphatic rings. The van der Waals surface area contributed by atoms with Gasteiger partial charge >= 0.3 is 0 Å². The Balaban J connectivity index is 2.02. The molecule has 0 amide bonds. The van der Waals surface area contributed by atoms with Gasteiger partial charge in [0.2, 0.25) is 6.71 Å². The van der Waals surface area contributed by atoms with Crippen LogP contribution in [0.1, 0.15) is 22.3 Å². The SMILES string of the molecule is Cc1ccccc1B(c1ccccc1C)c1c(C)ccc(-c2cccc(Br)c2)c1C. The van der Waals surface area contributed by atoms with Crippen molar-refractivity contribution >= 4 is 39.0 Å². The molecule has 0 heterocycles. The van der Waals surface area contributed by atoms with Gasteiger partial charge < -0.3 is 0 Å². The second-order valence-corrected chi connectivity index (χ2v) is 9.04. The lowest BCUT2D eigenvalue weighted by Crippen LogP contribution is -2.55. The summed E-state index contributed by atoms with van der Waals surface area (Å²) in [5.74, 6) is 0. The maximum Gasteiger partial charge on any atom is 0.242 e. The van der Waals surface area contributed by atoms with E-state index in [4.69, 9.17) is 0 Å². The zero-order valence-corrected chi connectivity index (χ0v) is 19.6. The number of hydrogen-bond donors (Lipinski definition) is 0. The number of halogens is 1. The molecule has 30 heavy (non-hydrogen) atoms. The standard InChI is InChI=1S/C28H26BBr/c1-19-10-5-7-14-26(19)29(27-15-8-6-11-20(27)2)28-21(3)16-17-25(22(28)4)23-12-9-13-24(30)18-23/h5-18H,1-4H3. The van der Waals surface area contributed by atoms with Gasteiger partial charge in [-0.3, -0.25) is 0 Å². The number of aryl methyl sites for hydroxylation is 3. The summed E-state index contributed by atoms with van der Waals surface area (Å²) in [6.07, 6.45) is 0. The molecule has 0 saturated heterocycles. The van der Waals surface area contributed by atoms with Gasteiger partial charge in [-0.1, -0.05) is 122 Å². The monoisotopic (exact) mass is 452 g/mol. The minimum absolute atomic E-state index is 0.208. The van der Waals surface area contributed by atoms with Crippen molar-refractivity contribution in [3.05, 3.63) is 112 Å². The molecule has 0 aliphatic carbocycles. The lowest BCUT2D eigenvalue weighted by atomic mass is 9.34. The molecule has 0 N–H and O–H groups in total. The molecule has 0 fully saturated rings. The smallest absolute Gasteiger partial charge is 0.0667 e. The molecule has 0 bridgehead atoms. The summed E-state index contributed by atoms with van der Waals surface area (Å²) in [4.78, 5) is 0. The van der Waals surface area contributed by atoms with Crippen LogP contribution in [0.4, 0.5) is 0 Å². The summed E-state index contributed by atoms with van der Waals surface area (Å²) in [7, 11) is 0. The lowest BCUT2D eigenvalue weighted by Gasteiger charge is -2.25. The van der Waals surface area contributed by atoms with Crippen molar-refractivity contribution in [1.29, 1.82) is 0 Å². The molecule has 4 rings (SSSR count). The predicted octanol–water partition coefficient (Wildman–Crippen LogP) is 5.87. The third-order valence-electron chi connectivity index (χ3n) is 6.16. The second kappa shape index (κ2) is 8.66. The molecule has 0 radical (unpaired) electrons. The third kappa shape index (κ3) is 3.89. The van der Waals surface area contributed by atoms with Crippen LogP contribution in [0, 0.1) is 27.7 Å². The molecule has 0 unspecified atom stereocenters. The summed E-state index contributed by atoms with van der Waals surface area (Å²) in [5.41, 5.74) is 12.1. The van der Waals surface area contributed by atoms with E-state index in [1.165, 1.54) is 49.8 Å². The molecule has 0 nitrogen and oxygen atoms in total. The first kappa shape index (κ1) is 20.7. The van der Waals surface area contributed by atoms with Gasteiger partial charge in [0.15, 0.2) is 0 Å². The van der Waals surface area contributed by atoms with Crippen LogP contribution in [0.2, 0.25) is 0 Å². The Hall–Kier alpha value is -2.58. The number of benzene rings is 4. The summed E-state index contributed by atoms with van der Waals surface area (Å²) < 4.78 is 1.11. The molecule has 0 aliphatic heterocycles. The Morgan fingerprint density at radius 2 is 1.20 bits per heavy atom. The fourth-order valence-corrected chi connectivity index (χ4v) is 4.98. The van der Waals surface area contributed by atoms with Crippen molar-refractivity contribution in [2.45, 2.75) is 27.7 Å². The minimum Gasteiger partial charge on any atom is -0.0667 e. The molecular weight excluding hydrogens is 427 g/mol. The van der Waals surface area contributed by atoms with Crippen LogP contribution in [0.25, 0.3) is 11.1 Å². The first-order chi connectivity index (χ1) is 14.5. The van der Waals surface area contributed by atoms with Gasteiger partial charge in [0.1, 0.15) is 0 Å². The first-order valence-electron chi connectivity index (χ1n) is 10.4. The van der Waals surface area contributed by atoms with Crippen LogP contribution < -0.4 is 16.4 Å². The fourth-order valence-electron chi connectivity index (χ4n) is 4.58. The van der Waals surface area contributed by atoms with Crippen molar-refractivity contribution in [1.82, 2.24) is 0 Å². The van der Waals surface area contributed by atoms with E-state index in [-0.39, 0.29) is 6.71 Å². The minimum atomic E-state index is 0.208. The van der Waals surface area contributed by atoms with E-state index < -0.39 is 0 Å². The molecule has 0 spiro atoms. The van der Waals surface area contributed by atoms with Crippen LogP contribution in [-0.4, -0.2) is 6.71 Å². The maximum atomic E-state index is 3.64. The van der Waals surface area contributed by atoms with Crippen molar-refractivity contribution in [2.24, 2.45) is 0 Å². The third-order valence-corrected chi connectivity index (χ3v) is 6.65.